The van der Waals surface area contributed by atoms with Crippen LogP contribution in [-0.2, 0) is 19.1 Å². The lowest BCUT2D eigenvalue weighted by Gasteiger charge is -2.30. The SMILES string of the molecule is CC.CCC(=O)N(CC1CCC(C(=O)OC)CC1)C(C)=O. The first-order valence-electron chi connectivity index (χ1n) is 7.88. The molecule has 1 aliphatic rings. The lowest BCUT2D eigenvalue weighted by atomic mass is 9.81. The van der Waals surface area contributed by atoms with Crippen molar-refractivity contribution in [2.75, 3.05) is 13.7 Å². The molecule has 0 N–H and O–H groups in total. The van der Waals surface area contributed by atoms with E-state index in [0.717, 1.165) is 25.7 Å². The highest BCUT2D eigenvalue weighted by Gasteiger charge is 2.29. The molecular formula is C16H29NO4. The van der Waals surface area contributed by atoms with E-state index in [1.807, 2.05) is 13.8 Å². The van der Waals surface area contributed by atoms with Crippen LogP contribution in [0.1, 0.15) is 59.8 Å². The van der Waals surface area contributed by atoms with Gasteiger partial charge in [0.15, 0.2) is 0 Å². The van der Waals surface area contributed by atoms with Gasteiger partial charge in [0, 0.05) is 19.9 Å². The number of carbonyl (C=O) groups excluding carboxylic acids is 3. The molecule has 0 spiro atoms. The maximum atomic E-state index is 11.7. The van der Waals surface area contributed by atoms with Crippen LogP contribution in [0.15, 0.2) is 0 Å². The van der Waals surface area contributed by atoms with Crippen molar-refractivity contribution in [2.45, 2.75) is 59.8 Å². The van der Waals surface area contributed by atoms with Gasteiger partial charge in [-0.1, -0.05) is 20.8 Å². The largest absolute Gasteiger partial charge is 0.469 e. The Labute approximate surface area is 128 Å². The molecule has 5 nitrogen and oxygen atoms in total. The standard InChI is InChI=1S/C14H23NO4.C2H6/c1-4-13(17)15(10(2)16)9-11-5-7-12(8-6-11)14(18)19-3;1-2/h11-12H,4-9H2,1-3H3;1-2H3. The minimum absolute atomic E-state index is 0.0195. The first-order valence-corrected chi connectivity index (χ1v) is 7.88. The molecule has 2 amide bonds. The summed E-state index contributed by atoms with van der Waals surface area (Å²) in [7, 11) is 1.41. The van der Waals surface area contributed by atoms with Crippen molar-refractivity contribution in [1.82, 2.24) is 4.90 Å². The van der Waals surface area contributed by atoms with Crippen LogP contribution in [0.2, 0.25) is 0 Å². The molecule has 1 aliphatic carbocycles. The summed E-state index contributed by atoms with van der Waals surface area (Å²) in [6.07, 6.45) is 3.63. The van der Waals surface area contributed by atoms with Crippen molar-refractivity contribution < 1.29 is 19.1 Å². The lowest BCUT2D eigenvalue weighted by Crippen LogP contribution is -2.39. The van der Waals surface area contributed by atoms with Crippen molar-refractivity contribution >= 4 is 17.8 Å². The molecule has 5 heteroatoms. The van der Waals surface area contributed by atoms with E-state index in [0.29, 0.717) is 18.9 Å². The molecule has 0 saturated heterocycles. The molecule has 0 atom stereocenters. The Morgan fingerprint density at radius 1 is 1.10 bits per heavy atom. The monoisotopic (exact) mass is 299 g/mol. The van der Waals surface area contributed by atoms with E-state index < -0.39 is 0 Å². The van der Waals surface area contributed by atoms with E-state index in [2.05, 4.69) is 0 Å². The molecule has 1 saturated carbocycles. The number of amides is 2. The van der Waals surface area contributed by atoms with Crippen LogP contribution < -0.4 is 0 Å². The fraction of sp³-hybridized carbons (Fsp3) is 0.812. The highest BCUT2D eigenvalue weighted by molar-refractivity contribution is 5.94. The molecule has 1 rings (SSSR count). The topological polar surface area (TPSA) is 63.7 Å². The summed E-state index contributed by atoms with van der Waals surface area (Å²) >= 11 is 0. The minimum Gasteiger partial charge on any atom is -0.469 e. The number of carbonyl (C=O) groups is 3. The molecule has 0 radical (unpaired) electrons. The number of methoxy groups -OCH3 is 1. The Morgan fingerprint density at radius 3 is 2.00 bits per heavy atom. The quantitative estimate of drug-likeness (QED) is 0.749. The molecule has 21 heavy (non-hydrogen) atoms. The summed E-state index contributed by atoms with van der Waals surface area (Å²) in [6.45, 7) is 7.66. The fourth-order valence-corrected chi connectivity index (χ4v) is 2.60. The second-order valence-electron chi connectivity index (χ2n) is 5.12. The average molecular weight is 299 g/mol. The predicted molar refractivity (Wildman–Crippen MR) is 81.5 cm³/mol. The fourth-order valence-electron chi connectivity index (χ4n) is 2.60. The van der Waals surface area contributed by atoms with Gasteiger partial charge in [0.1, 0.15) is 0 Å². The van der Waals surface area contributed by atoms with E-state index in [1.165, 1.54) is 18.9 Å². The Morgan fingerprint density at radius 2 is 1.62 bits per heavy atom. The Kier molecular flexibility index (Phi) is 9.67. The van der Waals surface area contributed by atoms with Gasteiger partial charge >= 0.3 is 5.97 Å². The third kappa shape index (κ3) is 6.27. The first kappa shape index (κ1) is 19.6. The van der Waals surface area contributed by atoms with Crippen LogP contribution in [0.5, 0.6) is 0 Å². The van der Waals surface area contributed by atoms with Crippen LogP contribution in [0, 0.1) is 11.8 Å². The van der Waals surface area contributed by atoms with Crippen molar-refractivity contribution in [3.8, 4) is 0 Å². The van der Waals surface area contributed by atoms with Crippen LogP contribution in [0.4, 0.5) is 0 Å². The highest BCUT2D eigenvalue weighted by Crippen LogP contribution is 2.30. The number of hydrogen-bond donors (Lipinski definition) is 0. The van der Waals surface area contributed by atoms with E-state index in [9.17, 15) is 14.4 Å². The maximum Gasteiger partial charge on any atom is 0.308 e. The zero-order valence-electron chi connectivity index (χ0n) is 14.0. The number of ether oxygens (including phenoxy) is 1. The second-order valence-corrected chi connectivity index (χ2v) is 5.12. The third-order valence-electron chi connectivity index (χ3n) is 3.81. The van der Waals surface area contributed by atoms with Gasteiger partial charge in [-0.25, -0.2) is 0 Å². The number of nitrogens with zero attached hydrogens (tertiary/aromatic N) is 1. The molecule has 0 aromatic heterocycles. The Hall–Kier alpha value is -1.39. The molecule has 1 fully saturated rings. The van der Waals surface area contributed by atoms with E-state index >= 15 is 0 Å². The summed E-state index contributed by atoms with van der Waals surface area (Å²) in [5.41, 5.74) is 0. The van der Waals surface area contributed by atoms with E-state index in [1.54, 1.807) is 6.92 Å². The number of hydrogen-bond acceptors (Lipinski definition) is 4. The van der Waals surface area contributed by atoms with Gasteiger partial charge in [0.05, 0.1) is 13.0 Å². The smallest absolute Gasteiger partial charge is 0.308 e. The van der Waals surface area contributed by atoms with Gasteiger partial charge in [-0.3, -0.25) is 19.3 Å². The zero-order valence-corrected chi connectivity index (χ0v) is 14.0. The molecule has 0 aliphatic heterocycles. The summed E-state index contributed by atoms with van der Waals surface area (Å²) in [6, 6.07) is 0. The maximum absolute atomic E-state index is 11.7. The van der Waals surface area contributed by atoms with Gasteiger partial charge in [0.2, 0.25) is 11.8 Å². The van der Waals surface area contributed by atoms with Crippen molar-refractivity contribution in [3.05, 3.63) is 0 Å². The molecule has 0 aromatic rings. The van der Waals surface area contributed by atoms with Crippen LogP contribution in [0.3, 0.4) is 0 Å². The van der Waals surface area contributed by atoms with Gasteiger partial charge in [-0.15, -0.1) is 0 Å². The van der Waals surface area contributed by atoms with E-state index in [-0.39, 0.29) is 23.7 Å². The molecule has 122 valence electrons. The van der Waals surface area contributed by atoms with Gasteiger partial charge in [-0.2, -0.15) is 0 Å². The second kappa shape index (κ2) is 10.4. The average Bonchev–Trinajstić information content (AvgIpc) is 2.53. The number of esters is 1. The van der Waals surface area contributed by atoms with Crippen molar-refractivity contribution in [2.24, 2.45) is 11.8 Å². The Balaban J connectivity index is 0.00000191. The van der Waals surface area contributed by atoms with Crippen molar-refractivity contribution in [3.63, 3.8) is 0 Å². The Bertz CT molecular complexity index is 346. The van der Waals surface area contributed by atoms with Crippen LogP contribution in [0.25, 0.3) is 0 Å². The van der Waals surface area contributed by atoms with Crippen LogP contribution >= 0.6 is 0 Å². The van der Waals surface area contributed by atoms with Crippen molar-refractivity contribution in [1.29, 1.82) is 0 Å². The molecule has 0 heterocycles. The van der Waals surface area contributed by atoms with E-state index in [4.69, 9.17) is 4.74 Å². The van der Waals surface area contributed by atoms with Gasteiger partial charge in [-0.05, 0) is 31.6 Å². The van der Waals surface area contributed by atoms with Gasteiger partial charge < -0.3 is 4.74 Å². The van der Waals surface area contributed by atoms with Crippen LogP contribution in [-0.4, -0.2) is 36.3 Å². The summed E-state index contributed by atoms with van der Waals surface area (Å²) in [5, 5.41) is 0. The van der Waals surface area contributed by atoms with Gasteiger partial charge in [0.25, 0.3) is 0 Å². The number of rotatable bonds is 4. The minimum atomic E-state index is -0.193. The summed E-state index contributed by atoms with van der Waals surface area (Å²) in [4.78, 5) is 35.9. The molecule has 0 bridgehead atoms. The summed E-state index contributed by atoms with van der Waals surface area (Å²) < 4.78 is 4.74. The summed E-state index contributed by atoms with van der Waals surface area (Å²) in [5.74, 6) is -0.176. The third-order valence-corrected chi connectivity index (χ3v) is 3.81. The highest BCUT2D eigenvalue weighted by atomic mass is 16.5. The zero-order chi connectivity index (χ0) is 16.4. The lowest BCUT2D eigenvalue weighted by molar-refractivity contribution is -0.148. The molecule has 0 aromatic carbocycles. The normalized spacial score (nSPS) is 20.8. The first-order chi connectivity index (χ1) is 9.99. The predicted octanol–water partition coefficient (Wildman–Crippen LogP) is 2.78. The number of imide groups is 1. The molecule has 0 unspecified atom stereocenters. The molecular weight excluding hydrogens is 270 g/mol.